The molecule has 10 atom stereocenters. The number of carbonyl (C=O) groups is 1. The normalized spacial score (nSPS) is 41.3. The van der Waals surface area contributed by atoms with E-state index in [-0.39, 0.29) is 23.0 Å². The molecule has 7 heteroatoms. The molecule has 43 heavy (non-hydrogen) atoms. The number of fused-ring (bicyclic) bond motifs is 6. The minimum absolute atomic E-state index is 0.180. The zero-order chi connectivity index (χ0) is 29.9. The van der Waals surface area contributed by atoms with Crippen molar-refractivity contribution in [2.75, 3.05) is 33.0 Å². The summed E-state index contributed by atoms with van der Waals surface area (Å²) >= 11 is 0. The summed E-state index contributed by atoms with van der Waals surface area (Å²) in [5.41, 5.74) is 1.76. The van der Waals surface area contributed by atoms with Gasteiger partial charge in [-0.2, -0.15) is 0 Å². The third-order valence-corrected chi connectivity index (χ3v) is 13.8. The Morgan fingerprint density at radius 3 is 2.51 bits per heavy atom. The minimum atomic E-state index is -0.225. The van der Waals surface area contributed by atoms with Crippen LogP contribution >= 0.6 is 0 Å². The lowest BCUT2D eigenvalue weighted by atomic mass is 9.43. The van der Waals surface area contributed by atoms with Crippen molar-refractivity contribution in [1.82, 2.24) is 9.80 Å². The van der Waals surface area contributed by atoms with Crippen LogP contribution in [0.15, 0.2) is 18.2 Å². The van der Waals surface area contributed by atoms with Crippen molar-refractivity contribution in [3.63, 3.8) is 0 Å². The van der Waals surface area contributed by atoms with E-state index in [0.29, 0.717) is 54.6 Å². The van der Waals surface area contributed by atoms with Gasteiger partial charge in [-0.1, -0.05) is 26.8 Å². The lowest BCUT2D eigenvalue weighted by molar-refractivity contribution is -0.174. The molecule has 238 valence electrons. The number of hydrogen-bond acceptors (Lipinski definition) is 6. The van der Waals surface area contributed by atoms with Crippen molar-refractivity contribution in [1.29, 1.82) is 0 Å². The van der Waals surface area contributed by atoms with Crippen molar-refractivity contribution in [2.45, 2.75) is 104 Å². The van der Waals surface area contributed by atoms with Crippen molar-refractivity contribution in [3.8, 4) is 11.5 Å². The number of rotatable bonds is 6. The number of aliphatic hydroxyl groups excluding tert-OH is 2. The van der Waals surface area contributed by atoms with Gasteiger partial charge in [0, 0.05) is 39.1 Å². The number of carbonyl (C=O) groups excluding carboxylic acids is 1. The lowest BCUT2D eigenvalue weighted by Crippen LogP contribution is -2.58. The monoisotopic (exact) mass is 594 g/mol. The predicted molar refractivity (Wildman–Crippen MR) is 165 cm³/mol. The van der Waals surface area contributed by atoms with Crippen LogP contribution in [0.4, 0.5) is 0 Å². The maximum atomic E-state index is 13.3. The molecule has 1 aromatic carbocycles. The number of piperazine rings is 1. The molecule has 1 amide bonds. The van der Waals surface area contributed by atoms with E-state index in [0.717, 1.165) is 76.3 Å². The van der Waals surface area contributed by atoms with Crippen LogP contribution in [0, 0.1) is 46.3 Å². The van der Waals surface area contributed by atoms with Crippen molar-refractivity contribution in [2.24, 2.45) is 46.3 Å². The van der Waals surface area contributed by atoms with E-state index in [9.17, 15) is 15.0 Å². The SMILES string of the molecule is C[C@@H](CCC(=O)N1CCN(Cc2ccc3c(c2)OCO3)CC1)[C@@H]1CC[C@@H]2[C@H]3[C@H](O)C[C@H]4C[C@@H](O)CC[C@@]4(C)[C@@H]3CC[C@]21C. The van der Waals surface area contributed by atoms with Gasteiger partial charge in [0.2, 0.25) is 12.7 Å². The van der Waals surface area contributed by atoms with Crippen molar-refractivity contribution in [3.05, 3.63) is 23.8 Å². The molecule has 1 aromatic rings. The quantitative estimate of drug-likeness (QED) is 0.455. The molecular formula is C36H54N2O5. The highest BCUT2D eigenvalue weighted by molar-refractivity contribution is 5.76. The molecule has 4 aliphatic carbocycles. The molecular weight excluding hydrogens is 540 g/mol. The Bertz CT molecular complexity index is 1180. The molecule has 0 radical (unpaired) electrons. The standard InChI is InChI=1S/C36H54N2O5/c1-23(4-9-33(41)38-16-14-37(15-17-38)21-24-5-8-31-32(18-24)43-22-42-31)27-6-7-28-34-29(11-13-36(27,28)3)35(2)12-10-26(39)19-25(35)20-30(34)40/h5,8,18,23,25-30,34,39-40H,4,6-7,9-17,19-22H2,1-3H3/t23-,25+,26-,27-,28+,29+,30+,34+,35+,36-/m0/s1. The second kappa shape index (κ2) is 11.5. The zero-order valence-corrected chi connectivity index (χ0v) is 26.7. The molecule has 2 aliphatic heterocycles. The van der Waals surface area contributed by atoms with Crippen molar-refractivity contribution < 1.29 is 24.5 Å². The average molecular weight is 595 g/mol. The molecule has 7 rings (SSSR count). The Hall–Kier alpha value is -1.83. The molecule has 2 N–H and O–H groups in total. The molecule has 5 fully saturated rings. The number of aliphatic hydroxyl groups is 2. The lowest BCUT2D eigenvalue weighted by Gasteiger charge is -2.62. The van der Waals surface area contributed by atoms with Crippen LogP contribution in [0.25, 0.3) is 0 Å². The Labute approximate surface area is 258 Å². The Morgan fingerprint density at radius 1 is 0.953 bits per heavy atom. The van der Waals surface area contributed by atoms with E-state index >= 15 is 0 Å². The van der Waals surface area contributed by atoms with Crippen LogP contribution in [-0.2, 0) is 11.3 Å². The van der Waals surface area contributed by atoms with Gasteiger partial charge >= 0.3 is 0 Å². The predicted octanol–water partition coefficient (Wildman–Crippen LogP) is 5.47. The van der Waals surface area contributed by atoms with Crippen LogP contribution in [0.5, 0.6) is 11.5 Å². The highest BCUT2D eigenvalue weighted by atomic mass is 16.7. The van der Waals surface area contributed by atoms with Crippen LogP contribution in [-0.4, -0.2) is 71.1 Å². The number of nitrogens with zero attached hydrogens (tertiary/aromatic N) is 2. The van der Waals surface area contributed by atoms with Gasteiger partial charge in [0.15, 0.2) is 11.5 Å². The summed E-state index contributed by atoms with van der Waals surface area (Å²) in [6, 6.07) is 6.18. The smallest absolute Gasteiger partial charge is 0.231 e. The fourth-order valence-electron chi connectivity index (χ4n) is 11.3. The highest BCUT2D eigenvalue weighted by Crippen LogP contribution is 2.68. The summed E-state index contributed by atoms with van der Waals surface area (Å²) in [7, 11) is 0. The molecule has 0 spiro atoms. The molecule has 0 bridgehead atoms. The summed E-state index contributed by atoms with van der Waals surface area (Å²) < 4.78 is 11.0. The summed E-state index contributed by atoms with van der Waals surface area (Å²) in [6.45, 7) is 12.0. The topological polar surface area (TPSA) is 82.5 Å². The van der Waals surface area contributed by atoms with Gasteiger partial charge in [0.1, 0.15) is 0 Å². The maximum Gasteiger partial charge on any atom is 0.231 e. The van der Waals surface area contributed by atoms with Gasteiger partial charge in [-0.05, 0) is 122 Å². The van der Waals surface area contributed by atoms with Gasteiger partial charge in [-0.25, -0.2) is 0 Å². The maximum absolute atomic E-state index is 13.3. The molecule has 7 nitrogen and oxygen atoms in total. The number of ether oxygens (including phenoxy) is 2. The Balaban J connectivity index is 0.914. The van der Waals surface area contributed by atoms with Gasteiger partial charge in [0.25, 0.3) is 0 Å². The van der Waals surface area contributed by atoms with E-state index in [2.05, 4.69) is 42.7 Å². The first-order valence-corrected chi connectivity index (χ1v) is 17.4. The van der Waals surface area contributed by atoms with Gasteiger partial charge in [-0.3, -0.25) is 9.69 Å². The summed E-state index contributed by atoms with van der Waals surface area (Å²) in [6.07, 6.45) is 9.95. The highest BCUT2D eigenvalue weighted by Gasteiger charge is 2.62. The summed E-state index contributed by atoms with van der Waals surface area (Å²) in [4.78, 5) is 17.8. The molecule has 0 aromatic heterocycles. The third kappa shape index (κ3) is 5.29. The van der Waals surface area contributed by atoms with E-state index in [1.54, 1.807) is 0 Å². The summed E-state index contributed by atoms with van der Waals surface area (Å²) in [5.74, 6) is 5.18. The van der Waals surface area contributed by atoms with E-state index in [1.807, 2.05) is 6.07 Å². The molecule has 2 heterocycles. The van der Waals surface area contributed by atoms with Crippen LogP contribution in [0.2, 0.25) is 0 Å². The van der Waals surface area contributed by atoms with E-state index in [4.69, 9.17) is 9.47 Å². The van der Waals surface area contributed by atoms with Gasteiger partial charge in [-0.15, -0.1) is 0 Å². The first-order chi connectivity index (χ1) is 20.7. The first-order valence-electron chi connectivity index (χ1n) is 17.4. The number of amides is 1. The molecule has 0 unspecified atom stereocenters. The van der Waals surface area contributed by atoms with Gasteiger partial charge in [0.05, 0.1) is 12.2 Å². The molecule has 1 saturated heterocycles. The first kappa shape index (κ1) is 29.9. The average Bonchev–Trinajstić information content (AvgIpc) is 3.61. The Morgan fingerprint density at radius 2 is 1.70 bits per heavy atom. The largest absolute Gasteiger partial charge is 0.454 e. The van der Waals surface area contributed by atoms with Crippen LogP contribution in [0.3, 0.4) is 0 Å². The zero-order valence-electron chi connectivity index (χ0n) is 26.7. The summed E-state index contributed by atoms with van der Waals surface area (Å²) in [5, 5.41) is 21.9. The van der Waals surface area contributed by atoms with Crippen LogP contribution < -0.4 is 9.47 Å². The second-order valence-electron chi connectivity index (χ2n) is 15.8. The number of hydrogen-bond donors (Lipinski definition) is 2. The van der Waals surface area contributed by atoms with Crippen LogP contribution in [0.1, 0.15) is 90.5 Å². The Kier molecular flexibility index (Phi) is 7.99. The minimum Gasteiger partial charge on any atom is -0.454 e. The fourth-order valence-corrected chi connectivity index (χ4v) is 11.3. The van der Waals surface area contributed by atoms with E-state index in [1.165, 1.54) is 31.2 Å². The van der Waals surface area contributed by atoms with Crippen molar-refractivity contribution >= 4 is 5.91 Å². The number of benzene rings is 1. The van der Waals surface area contributed by atoms with E-state index < -0.39 is 0 Å². The second-order valence-corrected chi connectivity index (χ2v) is 15.8. The third-order valence-electron chi connectivity index (χ3n) is 13.8. The molecule has 4 saturated carbocycles. The molecule has 6 aliphatic rings. The fraction of sp³-hybridized carbons (Fsp3) is 0.806. The van der Waals surface area contributed by atoms with Gasteiger partial charge < -0.3 is 24.6 Å².